The lowest BCUT2D eigenvalue weighted by molar-refractivity contribution is 0.121. The van der Waals surface area contributed by atoms with Crippen molar-refractivity contribution in [3.8, 4) is 23.0 Å². The average Bonchev–Trinajstić information content (AvgIpc) is 2.69. The fraction of sp³-hybridized carbons (Fsp3) is 0.455. The van der Waals surface area contributed by atoms with Gasteiger partial charge in [0.25, 0.3) is 0 Å². The highest BCUT2D eigenvalue weighted by atomic mass is 16.5. The van der Waals surface area contributed by atoms with E-state index in [-0.39, 0.29) is 11.3 Å². The van der Waals surface area contributed by atoms with Crippen molar-refractivity contribution in [1.82, 2.24) is 0 Å². The largest absolute Gasteiger partial charge is 0.497 e. The maximum Gasteiger partial charge on any atom is 0.160 e. The fourth-order valence-corrected chi connectivity index (χ4v) is 4.21. The highest BCUT2D eigenvalue weighted by molar-refractivity contribution is 5.55. The summed E-state index contributed by atoms with van der Waals surface area (Å²) >= 11 is 0. The molecular formula is C22H28O5. The molecule has 27 heavy (non-hydrogen) atoms. The van der Waals surface area contributed by atoms with Crippen LogP contribution in [0.1, 0.15) is 49.0 Å². The Balaban J connectivity index is 2.14. The van der Waals surface area contributed by atoms with E-state index in [2.05, 4.69) is 13.8 Å². The van der Waals surface area contributed by atoms with Crippen molar-refractivity contribution < 1.29 is 24.1 Å². The second kappa shape index (κ2) is 7.31. The van der Waals surface area contributed by atoms with E-state index in [0.29, 0.717) is 23.7 Å². The summed E-state index contributed by atoms with van der Waals surface area (Å²) in [7, 11) is 6.52. The lowest BCUT2D eigenvalue weighted by Gasteiger charge is -2.43. The Morgan fingerprint density at radius 3 is 2.11 bits per heavy atom. The number of aliphatic hydroxyl groups excluding tert-OH is 1. The van der Waals surface area contributed by atoms with Gasteiger partial charge in [-0.05, 0) is 47.1 Å². The zero-order valence-electron chi connectivity index (χ0n) is 16.8. The van der Waals surface area contributed by atoms with Gasteiger partial charge in [0.15, 0.2) is 11.5 Å². The van der Waals surface area contributed by atoms with E-state index in [9.17, 15) is 5.11 Å². The second-order valence-electron chi connectivity index (χ2n) is 7.43. The monoisotopic (exact) mass is 372 g/mol. The minimum absolute atomic E-state index is 0.0941. The summed E-state index contributed by atoms with van der Waals surface area (Å²) in [6.45, 7) is 4.38. The zero-order valence-corrected chi connectivity index (χ0v) is 16.8. The quantitative estimate of drug-likeness (QED) is 0.852. The van der Waals surface area contributed by atoms with Crippen LogP contribution in [-0.2, 0) is 5.41 Å². The molecule has 5 nitrogen and oxygen atoms in total. The number of rotatable bonds is 5. The number of aliphatic hydroxyl groups is 1. The van der Waals surface area contributed by atoms with Gasteiger partial charge in [-0.1, -0.05) is 19.9 Å². The molecule has 0 spiro atoms. The molecule has 0 bridgehead atoms. The first-order valence-corrected chi connectivity index (χ1v) is 9.03. The van der Waals surface area contributed by atoms with E-state index in [4.69, 9.17) is 18.9 Å². The van der Waals surface area contributed by atoms with Crippen LogP contribution in [0, 0.1) is 0 Å². The van der Waals surface area contributed by atoms with Crippen LogP contribution >= 0.6 is 0 Å². The average molecular weight is 372 g/mol. The van der Waals surface area contributed by atoms with Crippen LogP contribution < -0.4 is 18.9 Å². The van der Waals surface area contributed by atoms with E-state index in [0.717, 1.165) is 22.4 Å². The van der Waals surface area contributed by atoms with Crippen molar-refractivity contribution in [1.29, 1.82) is 0 Å². The molecule has 0 fully saturated rings. The number of ether oxygens (including phenoxy) is 4. The summed E-state index contributed by atoms with van der Waals surface area (Å²) in [5.41, 5.74) is 2.75. The van der Waals surface area contributed by atoms with Crippen LogP contribution in [-0.4, -0.2) is 33.5 Å². The van der Waals surface area contributed by atoms with Gasteiger partial charge in [0, 0.05) is 11.6 Å². The predicted octanol–water partition coefficient (Wildman–Crippen LogP) is 4.22. The van der Waals surface area contributed by atoms with Crippen molar-refractivity contribution in [3.05, 3.63) is 47.0 Å². The summed E-state index contributed by atoms with van der Waals surface area (Å²) < 4.78 is 21.8. The Bertz CT molecular complexity index is 828. The lowest BCUT2D eigenvalue weighted by Crippen LogP contribution is -2.34. The molecule has 2 unspecified atom stereocenters. The Morgan fingerprint density at radius 2 is 1.52 bits per heavy atom. The molecule has 1 aliphatic carbocycles. The molecule has 0 saturated carbocycles. The molecule has 0 aromatic heterocycles. The van der Waals surface area contributed by atoms with Gasteiger partial charge in [-0.25, -0.2) is 0 Å². The molecule has 0 saturated heterocycles. The van der Waals surface area contributed by atoms with E-state index >= 15 is 0 Å². The summed E-state index contributed by atoms with van der Waals surface area (Å²) in [6, 6.07) is 9.80. The van der Waals surface area contributed by atoms with Crippen molar-refractivity contribution in [2.24, 2.45) is 0 Å². The maximum atomic E-state index is 11.0. The van der Waals surface area contributed by atoms with Crippen LogP contribution in [0.5, 0.6) is 23.0 Å². The van der Waals surface area contributed by atoms with Crippen LogP contribution in [0.25, 0.3) is 0 Å². The second-order valence-corrected chi connectivity index (χ2v) is 7.43. The zero-order chi connectivity index (χ0) is 19.8. The Kier molecular flexibility index (Phi) is 5.24. The normalized spacial score (nSPS) is 20.6. The topological polar surface area (TPSA) is 57.2 Å². The summed E-state index contributed by atoms with van der Waals surface area (Å²) in [5, 5.41) is 11.0. The first-order chi connectivity index (χ1) is 12.9. The number of hydrogen-bond acceptors (Lipinski definition) is 5. The van der Waals surface area contributed by atoms with Crippen molar-refractivity contribution in [3.63, 3.8) is 0 Å². The molecule has 0 aliphatic heterocycles. The van der Waals surface area contributed by atoms with Crippen molar-refractivity contribution in [2.75, 3.05) is 28.4 Å². The molecular weight excluding hydrogens is 344 g/mol. The van der Waals surface area contributed by atoms with Gasteiger partial charge in [-0.2, -0.15) is 0 Å². The van der Waals surface area contributed by atoms with E-state index in [1.807, 2.05) is 30.3 Å². The smallest absolute Gasteiger partial charge is 0.160 e. The Morgan fingerprint density at radius 1 is 0.852 bits per heavy atom. The molecule has 2 atom stereocenters. The van der Waals surface area contributed by atoms with Gasteiger partial charge in [0.05, 0.1) is 34.5 Å². The first-order valence-electron chi connectivity index (χ1n) is 9.03. The van der Waals surface area contributed by atoms with Gasteiger partial charge in [0.2, 0.25) is 0 Å². The molecule has 2 aromatic rings. The van der Waals surface area contributed by atoms with Gasteiger partial charge in [-0.15, -0.1) is 0 Å². The van der Waals surface area contributed by atoms with E-state index in [1.165, 1.54) is 0 Å². The highest BCUT2D eigenvalue weighted by Crippen LogP contribution is 2.54. The number of fused-ring (bicyclic) bond motifs is 1. The number of methoxy groups -OCH3 is 4. The van der Waals surface area contributed by atoms with Gasteiger partial charge in [0.1, 0.15) is 11.5 Å². The SMILES string of the molecule is COc1cc(OC)c2c(c1)C(C)(C)C(c1ccc(OC)c(OC)c1)CC2O. The number of hydrogen-bond donors (Lipinski definition) is 1. The van der Waals surface area contributed by atoms with Gasteiger partial charge < -0.3 is 24.1 Å². The maximum absolute atomic E-state index is 11.0. The molecule has 0 heterocycles. The third-order valence-electron chi connectivity index (χ3n) is 5.74. The molecule has 0 amide bonds. The standard InChI is InChI=1S/C22H28O5/c1-22(2)15(13-7-8-18(25-4)19(9-13)26-5)12-17(23)21-16(22)10-14(24-3)11-20(21)27-6/h7-11,15,17,23H,12H2,1-6H3. The van der Waals surface area contributed by atoms with E-state index in [1.54, 1.807) is 28.4 Å². The minimum atomic E-state index is -0.619. The third-order valence-corrected chi connectivity index (χ3v) is 5.74. The van der Waals surface area contributed by atoms with Crippen LogP contribution in [0.15, 0.2) is 30.3 Å². The molecule has 146 valence electrons. The molecule has 1 aliphatic rings. The van der Waals surface area contributed by atoms with Crippen LogP contribution in [0.2, 0.25) is 0 Å². The highest BCUT2D eigenvalue weighted by Gasteiger charge is 2.43. The van der Waals surface area contributed by atoms with Crippen LogP contribution in [0.3, 0.4) is 0 Å². The van der Waals surface area contributed by atoms with Crippen molar-refractivity contribution >= 4 is 0 Å². The first kappa shape index (κ1) is 19.4. The van der Waals surface area contributed by atoms with Gasteiger partial charge >= 0.3 is 0 Å². The third kappa shape index (κ3) is 3.21. The lowest BCUT2D eigenvalue weighted by atomic mass is 9.62. The molecule has 5 heteroatoms. The Hall–Kier alpha value is -2.40. The Labute approximate surface area is 160 Å². The molecule has 0 radical (unpaired) electrons. The molecule has 2 aromatic carbocycles. The van der Waals surface area contributed by atoms with E-state index < -0.39 is 6.10 Å². The summed E-state index contributed by atoms with van der Waals surface area (Å²) in [5.74, 6) is 2.86. The summed E-state index contributed by atoms with van der Waals surface area (Å²) in [6.07, 6.45) is -0.0231. The van der Waals surface area contributed by atoms with Crippen molar-refractivity contribution in [2.45, 2.75) is 37.7 Å². The fourth-order valence-electron chi connectivity index (χ4n) is 4.21. The molecule has 1 N–H and O–H groups in total. The molecule has 3 rings (SSSR count). The summed E-state index contributed by atoms with van der Waals surface area (Å²) in [4.78, 5) is 0. The van der Waals surface area contributed by atoms with Gasteiger partial charge in [-0.3, -0.25) is 0 Å². The van der Waals surface area contributed by atoms with Crippen LogP contribution in [0.4, 0.5) is 0 Å². The number of benzene rings is 2. The minimum Gasteiger partial charge on any atom is -0.497 e. The predicted molar refractivity (Wildman–Crippen MR) is 104 cm³/mol.